The van der Waals surface area contributed by atoms with E-state index in [0.29, 0.717) is 0 Å². The molecule has 0 radical (unpaired) electrons. The van der Waals surface area contributed by atoms with Crippen LogP contribution in [0.3, 0.4) is 0 Å². The normalized spacial score (nSPS) is 17.5. The van der Waals surface area contributed by atoms with Crippen molar-refractivity contribution in [3.05, 3.63) is 29.8 Å². The van der Waals surface area contributed by atoms with E-state index in [2.05, 4.69) is 0 Å². The minimum atomic E-state index is -0.764. The summed E-state index contributed by atoms with van der Waals surface area (Å²) in [6.07, 6.45) is 0.861. The van der Waals surface area contributed by atoms with Crippen LogP contribution in [0.2, 0.25) is 0 Å². The average molecular weight is 206 g/mol. The van der Waals surface area contributed by atoms with Gasteiger partial charge in [0, 0.05) is 0 Å². The molecule has 1 heterocycles. The van der Waals surface area contributed by atoms with E-state index in [1.807, 2.05) is 52.0 Å². The molecule has 0 fully saturated rings. The van der Waals surface area contributed by atoms with Crippen molar-refractivity contribution >= 4 is 12.6 Å². The molecule has 0 bridgehead atoms. The lowest BCUT2D eigenvalue weighted by atomic mass is 9.70. The highest BCUT2D eigenvalue weighted by atomic mass is 16.5. The SMILES string of the molecule is CC.CC1(C)Cc2ccccc2B(O)O1. The molecular formula is C12H19BO2. The van der Waals surface area contributed by atoms with Crippen LogP contribution < -0.4 is 5.46 Å². The summed E-state index contributed by atoms with van der Waals surface area (Å²) >= 11 is 0. The first-order valence-corrected chi connectivity index (χ1v) is 5.52. The molecule has 1 aromatic rings. The molecule has 0 amide bonds. The number of benzene rings is 1. The van der Waals surface area contributed by atoms with Crippen LogP contribution in [0.5, 0.6) is 0 Å². The Balaban J connectivity index is 0.000000531. The second-order valence-electron chi connectivity index (χ2n) is 4.11. The van der Waals surface area contributed by atoms with Crippen LogP contribution in [-0.4, -0.2) is 17.7 Å². The summed E-state index contributed by atoms with van der Waals surface area (Å²) < 4.78 is 5.46. The molecule has 1 aliphatic heterocycles. The fraction of sp³-hybridized carbons (Fsp3) is 0.500. The van der Waals surface area contributed by atoms with E-state index in [1.165, 1.54) is 5.56 Å². The number of fused-ring (bicyclic) bond motifs is 1. The summed E-state index contributed by atoms with van der Waals surface area (Å²) in [5.41, 5.74) is 1.83. The summed E-state index contributed by atoms with van der Waals surface area (Å²) in [4.78, 5) is 0. The standard InChI is InChI=1S/C10H13BO2.C2H6/c1-10(2)7-8-5-3-4-6-9(8)11(12)13-10;1-2/h3-6,12H,7H2,1-2H3;1-2H3. The van der Waals surface area contributed by atoms with Crippen LogP contribution in [0.25, 0.3) is 0 Å². The van der Waals surface area contributed by atoms with Crippen LogP contribution in [0, 0.1) is 0 Å². The zero-order valence-electron chi connectivity index (χ0n) is 9.95. The molecular weight excluding hydrogens is 187 g/mol. The summed E-state index contributed by atoms with van der Waals surface area (Å²) in [6, 6.07) is 7.87. The van der Waals surface area contributed by atoms with Gasteiger partial charge in [-0.25, -0.2) is 0 Å². The van der Waals surface area contributed by atoms with Gasteiger partial charge in [0.15, 0.2) is 0 Å². The lowest BCUT2D eigenvalue weighted by Gasteiger charge is -2.33. The monoisotopic (exact) mass is 206 g/mol. The maximum Gasteiger partial charge on any atom is 0.491 e. The topological polar surface area (TPSA) is 29.5 Å². The van der Waals surface area contributed by atoms with Gasteiger partial charge in [-0.1, -0.05) is 38.1 Å². The third kappa shape index (κ3) is 2.83. The molecule has 0 aromatic heterocycles. The van der Waals surface area contributed by atoms with Gasteiger partial charge in [-0.05, 0) is 31.3 Å². The summed E-state index contributed by atoms with van der Waals surface area (Å²) in [7, 11) is -0.764. The lowest BCUT2D eigenvalue weighted by Crippen LogP contribution is -2.49. The van der Waals surface area contributed by atoms with Gasteiger partial charge in [0.1, 0.15) is 0 Å². The summed E-state index contributed by atoms with van der Waals surface area (Å²) in [5, 5.41) is 9.67. The highest BCUT2D eigenvalue weighted by Crippen LogP contribution is 2.21. The van der Waals surface area contributed by atoms with Gasteiger partial charge in [0.2, 0.25) is 0 Å². The Morgan fingerprint density at radius 2 is 1.87 bits per heavy atom. The van der Waals surface area contributed by atoms with Gasteiger partial charge in [-0.15, -0.1) is 0 Å². The van der Waals surface area contributed by atoms with Crippen LogP contribution in [0.4, 0.5) is 0 Å². The van der Waals surface area contributed by atoms with Gasteiger partial charge in [0.25, 0.3) is 0 Å². The van der Waals surface area contributed by atoms with E-state index >= 15 is 0 Å². The van der Waals surface area contributed by atoms with E-state index in [4.69, 9.17) is 4.65 Å². The predicted octanol–water partition coefficient (Wildman–Crippen LogP) is 1.75. The van der Waals surface area contributed by atoms with E-state index in [-0.39, 0.29) is 5.60 Å². The number of hydrogen-bond donors (Lipinski definition) is 1. The predicted molar refractivity (Wildman–Crippen MR) is 64.3 cm³/mol. The smallest absolute Gasteiger partial charge is 0.423 e. The minimum absolute atomic E-state index is 0.256. The van der Waals surface area contributed by atoms with Crippen molar-refractivity contribution in [2.24, 2.45) is 0 Å². The fourth-order valence-corrected chi connectivity index (χ4v) is 1.80. The van der Waals surface area contributed by atoms with Crippen molar-refractivity contribution in [3.63, 3.8) is 0 Å². The molecule has 0 saturated carbocycles. The summed E-state index contributed by atoms with van der Waals surface area (Å²) in [5.74, 6) is 0. The summed E-state index contributed by atoms with van der Waals surface area (Å²) in [6.45, 7) is 7.98. The van der Waals surface area contributed by atoms with Crippen molar-refractivity contribution in [1.82, 2.24) is 0 Å². The van der Waals surface area contributed by atoms with Crippen LogP contribution in [0.1, 0.15) is 33.3 Å². The average Bonchev–Trinajstić information content (AvgIpc) is 2.19. The van der Waals surface area contributed by atoms with Crippen molar-refractivity contribution in [1.29, 1.82) is 0 Å². The Labute approximate surface area is 92.4 Å². The molecule has 0 saturated heterocycles. The van der Waals surface area contributed by atoms with Crippen LogP contribution in [0.15, 0.2) is 24.3 Å². The largest absolute Gasteiger partial charge is 0.491 e. The molecule has 82 valence electrons. The Kier molecular flexibility index (Phi) is 3.94. The zero-order valence-corrected chi connectivity index (χ0v) is 9.95. The Morgan fingerprint density at radius 3 is 2.53 bits per heavy atom. The number of hydrogen-bond acceptors (Lipinski definition) is 2. The minimum Gasteiger partial charge on any atom is -0.423 e. The van der Waals surface area contributed by atoms with Gasteiger partial charge < -0.3 is 9.68 Å². The number of rotatable bonds is 0. The maximum absolute atomic E-state index is 9.67. The second kappa shape index (κ2) is 4.82. The van der Waals surface area contributed by atoms with E-state index < -0.39 is 7.12 Å². The molecule has 0 spiro atoms. The van der Waals surface area contributed by atoms with E-state index in [0.717, 1.165) is 11.9 Å². The third-order valence-electron chi connectivity index (χ3n) is 2.37. The third-order valence-corrected chi connectivity index (χ3v) is 2.37. The Morgan fingerprint density at radius 1 is 1.27 bits per heavy atom. The Hall–Kier alpha value is -0.795. The van der Waals surface area contributed by atoms with Crippen molar-refractivity contribution < 1.29 is 9.68 Å². The molecule has 3 heteroatoms. The van der Waals surface area contributed by atoms with Crippen LogP contribution >= 0.6 is 0 Å². The molecule has 2 nitrogen and oxygen atoms in total. The van der Waals surface area contributed by atoms with Gasteiger partial charge >= 0.3 is 7.12 Å². The lowest BCUT2D eigenvalue weighted by molar-refractivity contribution is 0.0820. The molecule has 1 aromatic carbocycles. The zero-order chi connectivity index (χ0) is 11.5. The van der Waals surface area contributed by atoms with Gasteiger partial charge in [-0.2, -0.15) is 0 Å². The molecule has 15 heavy (non-hydrogen) atoms. The highest BCUT2D eigenvalue weighted by Gasteiger charge is 2.34. The molecule has 1 N–H and O–H groups in total. The van der Waals surface area contributed by atoms with Crippen LogP contribution in [-0.2, 0) is 11.1 Å². The second-order valence-corrected chi connectivity index (χ2v) is 4.11. The molecule has 0 aliphatic carbocycles. The van der Waals surface area contributed by atoms with E-state index in [1.54, 1.807) is 0 Å². The molecule has 1 aliphatic rings. The van der Waals surface area contributed by atoms with Crippen molar-refractivity contribution in [2.75, 3.05) is 0 Å². The molecule has 0 atom stereocenters. The molecule has 0 unspecified atom stereocenters. The first kappa shape index (κ1) is 12.3. The van der Waals surface area contributed by atoms with E-state index in [9.17, 15) is 5.02 Å². The quantitative estimate of drug-likeness (QED) is 0.655. The first-order valence-electron chi connectivity index (χ1n) is 5.52. The van der Waals surface area contributed by atoms with Gasteiger partial charge in [-0.3, -0.25) is 0 Å². The Bertz CT molecular complexity index is 323. The van der Waals surface area contributed by atoms with Crippen molar-refractivity contribution in [3.8, 4) is 0 Å². The van der Waals surface area contributed by atoms with Crippen molar-refractivity contribution in [2.45, 2.75) is 39.7 Å². The first-order chi connectivity index (χ1) is 7.08. The maximum atomic E-state index is 9.67. The van der Waals surface area contributed by atoms with Gasteiger partial charge in [0.05, 0.1) is 5.60 Å². The fourth-order valence-electron chi connectivity index (χ4n) is 1.80. The highest BCUT2D eigenvalue weighted by molar-refractivity contribution is 6.61. The molecule has 2 rings (SSSR count).